The van der Waals surface area contributed by atoms with E-state index in [0.29, 0.717) is 40.1 Å². The van der Waals surface area contributed by atoms with Crippen LogP contribution in [0.3, 0.4) is 0 Å². The van der Waals surface area contributed by atoms with Crippen molar-refractivity contribution in [1.82, 2.24) is 34.7 Å². The molecule has 0 bridgehead atoms. The fourth-order valence-electron chi connectivity index (χ4n) is 3.50. The van der Waals surface area contributed by atoms with E-state index in [2.05, 4.69) is 40.7 Å². The third kappa shape index (κ3) is 4.04. The largest absolute Gasteiger partial charge is 0.494 e. The molecule has 166 valence electrons. The monoisotopic (exact) mass is 443 g/mol. The fraction of sp³-hybridized carbons (Fsp3) is 0.136. The number of pyridine rings is 2. The van der Waals surface area contributed by atoms with Gasteiger partial charge in [-0.15, -0.1) is 0 Å². The van der Waals surface area contributed by atoms with Gasteiger partial charge in [0.2, 0.25) is 0 Å². The van der Waals surface area contributed by atoms with E-state index in [4.69, 9.17) is 4.74 Å². The molecule has 0 aliphatic carbocycles. The van der Waals surface area contributed by atoms with Crippen molar-refractivity contribution < 1.29 is 9.84 Å². The van der Waals surface area contributed by atoms with Crippen molar-refractivity contribution in [3.8, 4) is 17.1 Å². The lowest BCUT2D eigenvalue weighted by atomic mass is 10.1. The third-order valence-electron chi connectivity index (χ3n) is 4.98. The van der Waals surface area contributed by atoms with Crippen LogP contribution in [0.15, 0.2) is 55.2 Å². The van der Waals surface area contributed by atoms with Gasteiger partial charge >= 0.3 is 0 Å². The van der Waals surface area contributed by atoms with Gasteiger partial charge in [0.1, 0.15) is 23.5 Å². The number of methoxy groups -OCH3 is 1. The second kappa shape index (κ2) is 8.55. The van der Waals surface area contributed by atoms with E-state index >= 15 is 0 Å². The zero-order chi connectivity index (χ0) is 22.8. The van der Waals surface area contributed by atoms with Crippen molar-refractivity contribution in [3.05, 3.63) is 60.8 Å². The summed E-state index contributed by atoms with van der Waals surface area (Å²) in [5.74, 6) is 2.30. The van der Waals surface area contributed by atoms with Gasteiger partial charge in [-0.05, 0) is 29.8 Å². The van der Waals surface area contributed by atoms with Crippen molar-refractivity contribution in [1.29, 1.82) is 0 Å². The first-order valence-corrected chi connectivity index (χ1v) is 10.1. The lowest BCUT2D eigenvalue weighted by molar-refractivity contribution is 0.282. The molecule has 0 spiro atoms. The standard InChI is InChI=1S/C22H21N9O2/c1-31-12-26-21(30-31)14-4-3-5-15(20(14)33-2)27-16-9-18(29-22-19(16)24-11-25-22)28-17-8-13(10-32)6-7-23-17/h3-9,11-12,32H,10H2,1-2H3,(H3,23,24,25,27,28,29). The first-order valence-electron chi connectivity index (χ1n) is 10.1. The normalized spacial score (nSPS) is 11.0. The molecule has 11 nitrogen and oxygen atoms in total. The fourth-order valence-corrected chi connectivity index (χ4v) is 3.50. The van der Waals surface area contributed by atoms with E-state index in [1.807, 2.05) is 31.3 Å². The van der Waals surface area contributed by atoms with Gasteiger partial charge in [0.05, 0.1) is 37.0 Å². The molecule has 0 aliphatic heterocycles. The number of anilines is 4. The summed E-state index contributed by atoms with van der Waals surface area (Å²) in [7, 11) is 3.42. The number of aliphatic hydroxyl groups is 1. The van der Waals surface area contributed by atoms with Crippen LogP contribution in [0.1, 0.15) is 5.56 Å². The summed E-state index contributed by atoms with van der Waals surface area (Å²) in [6.45, 7) is -0.0711. The third-order valence-corrected chi connectivity index (χ3v) is 4.98. The maximum absolute atomic E-state index is 9.39. The van der Waals surface area contributed by atoms with Crippen LogP contribution in [0.5, 0.6) is 5.75 Å². The first-order chi connectivity index (χ1) is 16.1. The number of benzene rings is 1. The van der Waals surface area contributed by atoms with E-state index in [1.54, 1.807) is 42.8 Å². The van der Waals surface area contributed by atoms with Crippen LogP contribution >= 0.6 is 0 Å². The van der Waals surface area contributed by atoms with E-state index < -0.39 is 0 Å². The number of rotatable bonds is 7. The summed E-state index contributed by atoms with van der Waals surface area (Å²) in [4.78, 5) is 20.7. The predicted octanol–water partition coefficient (Wildman–Crippen LogP) is 3.14. The highest BCUT2D eigenvalue weighted by Gasteiger charge is 2.16. The number of fused-ring (bicyclic) bond motifs is 1. The molecule has 0 saturated heterocycles. The molecule has 5 aromatic rings. The minimum absolute atomic E-state index is 0.0711. The number of H-pyrrole nitrogens is 1. The van der Waals surface area contributed by atoms with Gasteiger partial charge < -0.3 is 25.5 Å². The summed E-state index contributed by atoms with van der Waals surface area (Å²) in [6, 6.07) is 11.1. The van der Waals surface area contributed by atoms with Gasteiger partial charge in [0.15, 0.2) is 17.2 Å². The van der Waals surface area contributed by atoms with Gasteiger partial charge in [-0.1, -0.05) is 6.07 Å². The molecule has 0 saturated carbocycles. The lowest BCUT2D eigenvalue weighted by Gasteiger charge is -2.15. The van der Waals surface area contributed by atoms with Crippen molar-refractivity contribution in [2.24, 2.45) is 7.05 Å². The summed E-state index contributed by atoms with van der Waals surface area (Å²) >= 11 is 0. The zero-order valence-electron chi connectivity index (χ0n) is 17.9. The number of aliphatic hydroxyl groups excluding tert-OH is 1. The summed E-state index contributed by atoms with van der Waals surface area (Å²) in [5.41, 5.74) is 4.22. The Balaban J connectivity index is 1.53. The molecule has 0 atom stereocenters. The van der Waals surface area contributed by atoms with Crippen molar-refractivity contribution >= 4 is 34.2 Å². The number of hydrogen-bond acceptors (Lipinski definition) is 9. The number of nitrogens with zero attached hydrogens (tertiary/aromatic N) is 6. The molecule has 0 radical (unpaired) electrons. The average molecular weight is 443 g/mol. The minimum atomic E-state index is -0.0711. The van der Waals surface area contributed by atoms with Crippen LogP contribution in [0.4, 0.5) is 23.0 Å². The highest BCUT2D eigenvalue weighted by atomic mass is 16.5. The highest BCUT2D eigenvalue weighted by molar-refractivity contribution is 5.91. The van der Waals surface area contributed by atoms with Crippen molar-refractivity contribution in [3.63, 3.8) is 0 Å². The van der Waals surface area contributed by atoms with Gasteiger partial charge in [0.25, 0.3) is 0 Å². The molecule has 33 heavy (non-hydrogen) atoms. The Morgan fingerprint density at radius 1 is 1.06 bits per heavy atom. The number of nitrogens with one attached hydrogen (secondary N) is 3. The van der Waals surface area contributed by atoms with Gasteiger partial charge in [0, 0.05) is 19.3 Å². The Morgan fingerprint density at radius 3 is 2.76 bits per heavy atom. The van der Waals surface area contributed by atoms with E-state index in [-0.39, 0.29) is 6.61 Å². The zero-order valence-corrected chi connectivity index (χ0v) is 17.9. The molecule has 1 aromatic carbocycles. The molecular weight excluding hydrogens is 422 g/mol. The van der Waals surface area contributed by atoms with E-state index in [9.17, 15) is 5.11 Å². The van der Waals surface area contributed by atoms with E-state index in [1.165, 1.54) is 0 Å². The number of aromatic amines is 1. The number of imidazole rings is 1. The summed E-state index contributed by atoms with van der Waals surface area (Å²) < 4.78 is 7.35. The second-order valence-corrected chi connectivity index (χ2v) is 7.24. The topological polar surface area (TPSA) is 139 Å². The number of aromatic nitrogens is 7. The van der Waals surface area contributed by atoms with Crippen LogP contribution in [0.25, 0.3) is 22.6 Å². The molecule has 5 rings (SSSR count). The number of para-hydroxylation sites is 1. The number of aryl methyl sites for hydroxylation is 1. The van der Waals surface area contributed by atoms with Crippen LogP contribution in [0, 0.1) is 0 Å². The molecule has 0 amide bonds. The lowest BCUT2D eigenvalue weighted by Crippen LogP contribution is -2.01. The minimum Gasteiger partial charge on any atom is -0.494 e. The van der Waals surface area contributed by atoms with E-state index in [0.717, 1.165) is 16.8 Å². The molecular formula is C22H21N9O2. The Hall–Kier alpha value is -4.51. The maximum atomic E-state index is 9.39. The maximum Gasteiger partial charge on any atom is 0.184 e. The Kier molecular flexibility index (Phi) is 5.29. The Bertz CT molecular complexity index is 1430. The molecule has 0 aliphatic rings. The predicted molar refractivity (Wildman–Crippen MR) is 124 cm³/mol. The molecule has 11 heteroatoms. The second-order valence-electron chi connectivity index (χ2n) is 7.24. The van der Waals surface area contributed by atoms with Crippen LogP contribution in [-0.4, -0.2) is 46.9 Å². The smallest absolute Gasteiger partial charge is 0.184 e. The molecule has 4 N–H and O–H groups in total. The molecule has 0 fully saturated rings. The SMILES string of the molecule is COc1c(Nc2cc(Nc3cc(CO)ccn3)nc3[nH]cnc23)cccc1-c1ncn(C)n1. The van der Waals surface area contributed by atoms with Gasteiger partial charge in [-0.2, -0.15) is 5.10 Å². The average Bonchev–Trinajstić information content (AvgIpc) is 3.48. The number of ether oxygens (including phenoxy) is 1. The highest BCUT2D eigenvalue weighted by Crippen LogP contribution is 2.37. The summed E-state index contributed by atoms with van der Waals surface area (Å²) in [5, 5.41) is 20.4. The van der Waals surface area contributed by atoms with Crippen LogP contribution in [0.2, 0.25) is 0 Å². The van der Waals surface area contributed by atoms with Crippen LogP contribution in [-0.2, 0) is 13.7 Å². The van der Waals surface area contributed by atoms with Crippen LogP contribution < -0.4 is 15.4 Å². The van der Waals surface area contributed by atoms with Gasteiger partial charge in [-0.25, -0.2) is 19.9 Å². The molecule has 0 unspecified atom stereocenters. The molecule has 4 aromatic heterocycles. The number of hydrogen-bond donors (Lipinski definition) is 4. The Morgan fingerprint density at radius 2 is 1.97 bits per heavy atom. The van der Waals surface area contributed by atoms with Gasteiger partial charge in [-0.3, -0.25) is 4.68 Å². The molecule has 4 heterocycles. The Labute approximate surface area is 188 Å². The quantitative estimate of drug-likeness (QED) is 0.299. The van der Waals surface area contributed by atoms with Crippen molar-refractivity contribution in [2.45, 2.75) is 6.61 Å². The first kappa shape index (κ1) is 20.4. The van der Waals surface area contributed by atoms with Crippen molar-refractivity contribution in [2.75, 3.05) is 17.7 Å². The summed E-state index contributed by atoms with van der Waals surface area (Å²) in [6.07, 6.45) is 4.86.